The van der Waals surface area contributed by atoms with Gasteiger partial charge < -0.3 is 14.8 Å². The molecule has 1 N–H and O–H groups in total. The van der Waals surface area contributed by atoms with Crippen LogP contribution in [0.15, 0.2) is 46.2 Å². The first-order valence-electron chi connectivity index (χ1n) is 11.3. The minimum atomic E-state index is -3.65. The van der Waals surface area contributed by atoms with Gasteiger partial charge in [0.1, 0.15) is 5.69 Å². The van der Waals surface area contributed by atoms with Crippen LogP contribution in [0.5, 0.6) is 0 Å². The van der Waals surface area contributed by atoms with Crippen molar-refractivity contribution in [3.63, 3.8) is 0 Å². The minimum Gasteiger partial charge on any atom is -0.334 e. The summed E-state index contributed by atoms with van der Waals surface area (Å²) in [6.45, 7) is 11.8. The summed E-state index contributed by atoms with van der Waals surface area (Å²) in [4.78, 5) is 40.3. The van der Waals surface area contributed by atoms with Gasteiger partial charge >= 0.3 is 0 Å². The van der Waals surface area contributed by atoms with Gasteiger partial charge in [0.15, 0.2) is 0 Å². The van der Waals surface area contributed by atoms with E-state index in [-0.39, 0.29) is 39.7 Å². The van der Waals surface area contributed by atoms with E-state index in [0.717, 1.165) is 0 Å². The van der Waals surface area contributed by atoms with Crippen LogP contribution in [-0.4, -0.2) is 59.2 Å². The maximum absolute atomic E-state index is 13.1. The van der Waals surface area contributed by atoms with Crippen LogP contribution in [0.2, 0.25) is 0 Å². The van der Waals surface area contributed by atoms with Crippen LogP contribution in [0.3, 0.4) is 0 Å². The average Bonchev–Trinajstić information content (AvgIpc) is 2.76. The lowest BCUT2D eigenvalue weighted by molar-refractivity contribution is 0.0642. The fourth-order valence-electron chi connectivity index (χ4n) is 3.82. The second kappa shape index (κ2) is 11.0. The van der Waals surface area contributed by atoms with Crippen molar-refractivity contribution in [3.8, 4) is 0 Å². The molecule has 0 bridgehead atoms. The van der Waals surface area contributed by atoms with E-state index in [0.29, 0.717) is 13.1 Å². The number of anilines is 1. The highest BCUT2D eigenvalue weighted by atomic mass is 32.2. The summed E-state index contributed by atoms with van der Waals surface area (Å²) in [5, 5.41) is 2.56. The van der Waals surface area contributed by atoms with E-state index in [1.165, 1.54) is 52.4 Å². The van der Waals surface area contributed by atoms with Crippen molar-refractivity contribution >= 4 is 27.5 Å². The highest BCUT2D eigenvalue weighted by Gasteiger charge is 2.24. The third-order valence-corrected chi connectivity index (χ3v) is 7.55. The number of rotatable bonds is 9. The molecular formula is C24H34N4O5S. The molecule has 0 spiro atoms. The number of carbonyl (C=O) groups is 2. The summed E-state index contributed by atoms with van der Waals surface area (Å²) >= 11 is 0. The Kier molecular flexibility index (Phi) is 8.79. The van der Waals surface area contributed by atoms with Gasteiger partial charge in [-0.15, -0.1) is 0 Å². The van der Waals surface area contributed by atoms with Gasteiger partial charge in [0.2, 0.25) is 10.0 Å². The van der Waals surface area contributed by atoms with Crippen LogP contribution in [0.1, 0.15) is 62.3 Å². The molecule has 2 aromatic rings. The Balaban J connectivity index is 2.35. The van der Waals surface area contributed by atoms with E-state index in [4.69, 9.17) is 0 Å². The zero-order valence-electron chi connectivity index (χ0n) is 20.8. The lowest BCUT2D eigenvalue weighted by Crippen LogP contribution is -2.42. The smallest absolute Gasteiger partial charge is 0.274 e. The predicted octanol–water partition coefficient (Wildman–Crippen LogP) is 2.93. The van der Waals surface area contributed by atoms with Crippen molar-refractivity contribution < 1.29 is 18.0 Å². The Morgan fingerprint density at radius 1 is 0.971 bits per heavy atom. The number of aromatic nitrogens is 1. The first-order chi connectivity index (χ1) is 15.8. The molecule has 0 aliphatic rings. The molecule has 9 nitrogen and oxygen atoms in total. The molecule has 1 aromatic heterocycles. The van der Waals surface area contributed by atoms with Crippen LogP contribution in [0.25, 0.3) is 0 Å². The number of hydrogen-bond donors (Lipinski definition) is 1. The number of nitrogens with one attached hydrogen (secondary N) is 1. The molecule has 0 fully saturated rings. The van der Waals surface area contributed by atoms with Crippen LogP contribution < -0.4 is 10.9 Å². The Morgan fingerprint density at radius 3 is 1.97 bits per heavy atom. The van der Waals surface area contributed by atoms with E-state index in [1.807, 2.05) is 27.7 Å². The van der Waals surface area contributed by atoms with Gasteiger partial charge in [0, 0.05) is 44.0 Å². The molecule has 34 heavy (non-hydrogen) atoms. The molecule has 0 saturated heterocycles. The minimum absolute atomic E-state index is 0.0364. The Bertz CT molecular complexity index is 1190. The number of carbonyl (C=O) groups excluding carboxylic acids is 2. The van der Waals surface area contributed by atoms with Crippen molar-refractivity contribution in [2.24, 2.45) is 7.05 Å². The molecule has 2 amide bonds. The number of pyridine rings is 1. The summed E-state index contributed by atoms with van der Waals surface area (Å²) in [5.74, 6) is -0.833. The van der Waals surface area contributed by atoms with Crippen LogP contribution >= 0.6 is 0 Å². The summed E-state index contributed by atoms with van der Waals surface area (Å²) in [5.41, 5.74) is -0.0411. The van der Waals surface area contributed by atoms with Crippen molar-refractivity contribution in [3.05, 3.63) is 58.0 Å². The topological polar surface area (TPSA) is 109 Å². The Labute approximate surface area is 201 Å². The molecule has 186 valence electrons. The number of amides is 2. The third-order valence-electron chi connectivity index (χ3n) is 5.49. The number of benzene rings is 1. The van der Waals surface area contributed by atoms with Gasteiger partial charge in [-0.05, 0) is 58.0 Å². The molecular weight excluding hydrogens is 456 g/mol. The highest BCUT2D eigenvalue weighted by molar-refractivity contribution is 7.89. The Hall–Kier alpha value is -2.98. The maximum atomic E-state index is 13.1. The summed E-state index contributed by atoms with van der Waals surface area (Å²) in [7, 11) is -2.14. The first-order valence-corrected chi connectivity index (χ1v) is 12.7. The number of hydrogen-bond acceptors (Lipinski definition) is 5. The normalized spacial score (nSPS) is 11.8. The lowest BCUT2D eigenvalue weighted by Gasteiger charge is -2.31. The largest absolute Gasteiger partial charge is 0.334 e. The van der Waals surface area contributed by atoms with Gasteiger partial charge in [-0.1, -0.05) is 13.8 Å². The fourth-order valence-corrected chi connectivity index (χ4v) is 5.28. The molecule has 0 radical (unpaired) electrons. The molecule has 0 aliphatic heterocycles. The summed E-state index contributed by atoms with van der Waals surface area (Å²) in [6, 6.07) is 6.80. The standard InChI is InChI=1S/C24H34N4O5S/c1-8-27(9-2)34(32,33)20-12-10-18(11-13-20)22(29)25-21-14-19(15-26(7)24(21)31)23(30)28(16(3)4)17(5)6/h10-17H,8-9H2,1-7H3,(H,25,29). The van der Waals surface area contributed by atoms with Crippen LogP contribution in [0.4, 0.5) is 5.69 Å². The second-order valence-corrected chi connectivity index (χ2v) is 10.5. The van der Waals surface area contributed by atoms with Gasteiger partial charge in [-0.25, -0.2) is 8.42 Å². The molecule has 0 unspecified atom stereocenters. The molecule has 1 heterocycles. The summed E-state index contributed by atoms with van der Waals surface area (Å²) < 4.78 is 27.9. The van der Waals surface area contributed by atoms with Crippen molar-refractivity contribution in [1.82, 2.24) is 13.8 Å². The molecule has 0 atom stereocenters. The number of sulfonamides is 1. The molecule has 0 aliphatic carbocycles. The second-order valence-electron chi connectivity index (χ2n) is 8.53. The zero-order chi connectivity index (χ0) is 25.8. The molecule has 2 rings (SSSR count). The quantitative estimate of drug-likeness (QED) is 0.581. The maximum Gasteiger partial charge on any atom is 0.274 e. The average molecular weight is 491 g/mol. The molecule has 1 aromatic carbocycles. The van der Waals surface area contributed by atoms with Gasteiger partial charge in [0.25, 0.3) is 17.4 Å². The van der Waals surface area contributed by atoms with E-state index < -0.39 is 21.5 Å². The number of aryl methyl sites for hydroxylation is 1. The summed E-state index contributed by atoms with van der Waals surface area (Å²) in [6.07, 6.45) is 1.45. The van der Waals surface area contributed by atoms with Crippen molar-refractivity contribution in [2.45, 2.75) is 58.5 Å². The molecule has 0 saturated carbocycles. The van der Waals surface area contributed by atoms with Crippen molar-refractivity contribution in [2.75, 3.05) is 18.4 Å². The van der Waals surface area contributed by atoms with E-state index in [9.17, 15) is 22.8 Å². The van der Waals surface area contributed by atoms with Gasteiger partial charge in [-0.3, -0.25) is 14.4 Å². The molecule has 10 heteroatoms. The highest BCUT2D eigenvalue weighted by Crippen LogP contribution is 2.18. The monoisotopic (exact) mass is 490 g/mol. The van der Waals surface area contributed by atoms with E-state index in [1.54, 1.807) is 18.7 Å². The SMILES string of the molecule is CCN(CC)S(=O)(=O)c1ccc(C(=O)Nc2cc(C(=O)N(C(C)C)C(C)C)cn(C)c2=O)cc1. The van der Waals surface area contributed by atoms with E-state index in [2.05, 4.69) is 5.32 Å². The van der Waals surface area contributed by atoms with Gasteiger partial charge in [-0.2, -0.15) is 4.31 Å². The number of nitrogens with zero attached hydrogens (tertiary/aromatic N) is 3. The van der Waals surface area contributed by atoms with Crippen LogP contribution in [0, 0.1) is 0 Å². The van der Waals surface area contributed by atoms with Crippen LogP contribution in [-0.2, 0) is 17.1 Å². The fraction of sp³-hybridized carbons (Fsp3) is 0.458. The third kappa shape index (κ3) is 5.74. The zero-order valence-corrected chi connectivity index (χ0v) is 21.6. The predicted molar refractivity (Wildman–Crippen MR) is 133 cm³/mol. The Morgan fingerprint density at radius 2 is 1.50 bits per heavy atom. The van der Waals surface area contributed by atoms with E-state index >= 15 is 0 Å². The lowest BCUT2D eigenvalue weighted by atomic mass is 10.1. The van der Waals surface area contributed by atoms with Crippen molar-refractivity contribution in [1.29, 1.82) is 0 Å². The van der Waals surface area contributed by atoms with Gasteiger partial charge in [0.05, 0.1) is 10.5 Å². The first kappa shape index (κ1) is 27.3.